The first-order valence-corrected chi connectivity index (χ1v) is 4.82. The van der Waals surface area contributed by atoms with E-state index in [0.717, 1.165) is 12.3 Å². The van der Waals surface area contributed by atoms with Gasteiger partial charge in [-0.15, -0.1) is 0 Å². The molecule has 2 amide bonds. The second-order valence-corrected chi connectivity index (χ2v) is 3.65. The topological polar surface area (TPSA) is 67.5 Å². The molecule has 0 saturated heterocycles. The van der Waals surface area contributed by atoms with E-state index < -0.39 is 17.7 Å². The van der Waals surface area contributed by atoms with E-state index in [2.05, 4.69) is 5.10 Å². The van der Waals surface area contributed by atoms with Crippen molar-refractivity contribution in [2.75, 3.05) is 0 Å². The Hall–Kier alpha value is -1.25. The third-order valence-corrected chi connectivity index (χ3v) is 2.39. The molecule has 0 unspecified atom stereocenters. The summed E-state index contributed by atoms with van der Waals surface area (Å²) in [6, 6.07) is 1.53. The molecule has 0 fully saturated rings. The Balaban J connectivity index is 2.98. The average molecular weight is 325 g/mol. The van der Waals surface area contributed by atoms with Crippen LogP contribution >= 0.6 is 22.6 Å². The first kappa shape index (κ1) is 11.8. The normalized spacial score (nSPS) is 10.6. The van der Waals surface area contributed by atoms with Crippen LogP contribution in [0.5, 0.6) is 0 Å². The highest BCUT2D eigenvalue weighted by Gasteiger charge is 2.09. The molecule has 0 aliphatic carbocycles. The minimum absolute atomic E-state index is 0.0376. The number of rotatable bonds is 2. The minimum atomic E-state index is -1.02. The number of benzene rings is 1. The lowest BCUT2D eigenvalue weighted by atomic mass is 10.2. The zero-order valence-corrected chi connectivity index (χ0v) is 9.46. The number of amides is 2. The van der Waals surface area contributed by atoms with Crippen molar-refractivity contribution in [3.63, 3.8) is 0 Å². The number of carbonyl (C=O) groups is 1. The van der Waals surface area contributed by atoms with Crippen LogP contribution in [0.3, 0.4) is 0 Å². The molecule has 0 atom stereocenters. The van der Waals surface area contributed by atoms with Crippen molar-refractivity contribution >= 4 is 34.8 Å². The van der Waals surface area contributed by atoms with Crippen LogP contribution in [0.25, 0.3) is 0 Å². The van der Waals surface area contributed by atoms with Gasteiger partial charge in [-0.25, -0.2) is 19.0 Å². The van der Waals surface area contributed by atoms with Crippen molar-refractivity contribution < 1.29 is 13.6 Å². The molecule has 0 radical (unpaired) electrons. The van der Waals surface area contributed by atoms with Crippen molar-refractivity contribution in [3.05, 3.63) is 32.9 Å². The van der Waals surface area contributed by atoms with E-state index in [9.17, 15) is 13.6 Å². The summed E-state index contributed by atoms with van der Waals surface area (Å²) in [5.41, 5.74) is 6.58. The van der Waals surface area contributed by atoms with Gasteiger partial charge in [-0.1, -0.05) is 0 Å². The fourth-order valence-corrected chi connectivity index (χ4v) is 1.38. The summed E-state index contributed by atoms with van der Waals surface area (Å²) in [4.78, 5) is 10.3. The highest BCUT2D eigenvalue weighted by molar-refractivity contribution is 14.1. The number of halogens is 3. The van der Waals surface area contributed by atoms with Crippen LogP contribution in [0.1, 0.15) is 5.56 Å². The molecule has 1 aromatic carbocycles. The second-order valence-electron chi connectivity index (χ2n) is 2.49. The molecule has 0 aliphatic rings. The van der Waals surface area contributed by atoms with Crippen molar-refractivity contribution in [2.45, 2.75) is 0 Å². The van der Waals surface area contributed by atoms with Crippen molar-refractivity contribution in [1.29, 1.82) is 0 Å². The number of hydrogen-bond donors (Lipinski definition) is 2. The smallest absolute Gasteiger partial charge is 0.332 e. The zero-order valence-electron chi connectivity index (χ0n) is 7.30. The van der Waals surface area contributed by atoms with Gasteiger partial charge in [0, 0.05) is 9.13 Å². The van der Waals surface area contributed by atoms with Gasteiger partial charge in [-0.05, 0) is 34.7 Å². The lowest BCUT2D eigenvalue weighted by molar-refractivity contribution is 0.249. The predicted octanol–water partition coefficient (Wildman–Crippen LogP) is 1.57. The van der Waals surface area contributed by atoms with Crippen LogP contribution in [0, 0.1) is 15.2 Å². The molecular weight excluding hydrogens is 319 g/mol. The van der Waals surface area contributed by atoms with E-state index >= 15 is 0 Å². The van der Waals surface area contributed by atoms with Crippen molar-refractivity contribution in [1.82, 2.24) is 5.43 Å². The molecule has 0 bridgehead atoms. The number of nitrogens with one attached hydrogen (secondary N) is 1. The van der Waals surface area contributed by atoms with Crippen LogP contribution in [0.15, 0.2) is 17.2 Å². The van der Waals surface area contributed by atoms with E-state index in [-0.39, 0.29) is 5.56 Å². The van der Waals surface area contributed by atoms with E-state index in [1.54, 1.807) is 0 Å². The Kier molecular flexibility index (Phi) is 3.95. The molecule has 0 spiro atoms. The molecule has 0 saturated carbocycles. The van der Waals surface area contributed by atoms with Crippen LogP contribution in [-0.2, 0) is 0 Å². The molecule has 0 aromatic heterocycles. The summed E-state index contributed by atoms with van der Waals surface area (Å²) in [6.45, 7) is 0. The fraction of sp³-hybridized carbons (Fsp3) is 0. The third-order valence-electron chi connectivity index (χ3n) is 1.45. The standard InChI is InChI=1S/C8H6F2IN3O/c9-5-1-2-6(11)4(7(5)10)3-13-14-8(12)15/h1-3H,(H3,12,14,15). The van der Waals surface area contributed by atoms with E-state index in [1.165, 1.54) is 6.07 Å². The average Bonchev–Trinajstić information content (AvgIpc) is 2.17. The van der Waals surface area contributed by atoms with Gasteiger partial charge in [-0.3, -0.25) is 0 Å². The number of primary amides is 1. The second kappa shape index (κ2) is 5.01. The highest BCUT2D eigenvalue weighted by Crippen LogP contribution is 2.16. The molecule has 0 heterocycles. The van der Waals surface area contributed by atoms with E-state index in [0.29, 0.717) is 3.57 Å². The van der Waals surface area contributed by atoms with Crippen LogP contribution in [-0.4, -0.2) is 12.2 Å². The zero-order chi connectivity index (χ0) is 11.4. The summed E-state index contributed by atoms with van der Waals surface area (Å²) in [7, 11) is 0. The Morgan fingerprint density at radius 3 is 2.80 bits per heavy atom. The van der Waals surface area contributed by atoms with E-state index in [4.69, 9.17) is 5.73 Å². The maximum atomic E-state index is 13.2. The predicted molar refractivity (Wildman–Crippen MR) is 59.4 cm³/mol. The molecule has 3 N–H and O–H groups in total. The summed E-state index contributed by atoms with van der Waals surface area (Å²) in [5.74, 6) is -1.99. The van der Waals surface area contributed by atoms with Gasteiger partial charge in [0.25, 0.3) is 0 Å². The van der Waals surface area contributed by atoms with Crippen molar-refractivity contribution in [2.24, 2.45) is 10.8 Å². The molecule has 80 valence electrons. The molecule has 7 heteroatoms. The van der Waals surface area contributed by atoms with Gasteiger partial charge in [-0.2, -0.15) is 5.10 Å². The lowest BCUT2D eigenvalue weighted by Crippen LogP contribution is -2.24. The number of nitrogens with two attached hydrogens (primary N) is 1. The van der Waals surface area contributed by atoms with Gasteiger partial charge in [0.1, 0.15) is 0 Å². The summed E-state index contributed by atoms with van der Waals surface area (Å²) in [6.07, 6.45) is 0.991. The van der Waals surface area contributed by atoms with Crippen LogP contribution in [0.4, 0.5) is 13.6 Å². The quantitative estimate of drug-likeness (QED) is 0.369. The Morgan fingerprint density at radius 1 is 1.53 bits per heavy atom. The van der Waals surface area contributed by atoms with Gasteiger partial charge in [0.05, 0.1) is 6.21 Å². The van der Waals surface area contributed by atoms with Crippen LogP contribution < -0.4 is 11.2 Å². The number of urea groups is 1. The summed E-state index contributed by atoms with van der Waals surface area (Å²) < 4.78 is 26.4. The molecule has 15 heavy (non-hydrogen) atoms. The summed E-state index contributed by atoms with van der Waals surface area (Å²) >= 11 is 1.82. The third kappa shape index (κ3) is 3.11. The fourth-order valence-electron chi connectivity index (χ4n) is 0.822. The monoisotopic (exact) mass is 325 g/mol. The molecule has 4 nitrogen and oxygen atoms in total. The summed E-state index contributed by atoms with van der Waals surface area (Å²) in [5, 5.41) is 3.34. The number of hydrazone groups is 1. The maximum Gasteiger partial charge on any atom is 0.332 e. The van der Waals surface area contributed by atoms with Crippen LogP contribution in [0.2, 0.25) is 0 Å². The first-order valence-electron chi connectivity index (χ1n) is 3.74. The largest absolute Gasteiger partial charge is 0.350 e. The Bertz CT molecular complexity index is 423. The number of carbonyl (C=O) groups excluding carboxylic acids is 1. The van der Waals surface area contributed by atoms with Gasteiger partial charge in [0.15, 0.2) is 11.6 Å². The van der Waals surface area contributed by atoms with Gasteiger partial charge in [0.2, 0.25) is 0 Å². The van der Waals surface area contributed by atoms with E-state index in [1.807, 2.05) is 28.0 Å². The highest BCUT2D eigenvalue weighted by atomic mass is 127. The molecule has 1 aromatic rings. The molecular formula is C8H6F2IN3O. The number of hydrogen-bond acceptors (Lipinski definition) is 2. The number of nitrogens with zero attached hydrogens (tertiary/aromatic N) is 1. The van der Waals surface area contributed by atoms with Gasteiger partial charge < -0.3 is 5.73 Å². The maximum absolute atomic E-state index is 13.2. The van der Waals surface area contributed by atoms with Gasteiger partial charge >= 0.3 is 6.03 Å². The molecule has 0 aliphatic heterocycles. The SMILES string of the molecule is NC(=O)NN=Cc1c(I)ccc(F)c1F. The van der Waals surface area contributed by atoms with Crippen molar-refractivity contribution in [3.8, 4) is 0 Å². The Labute approximate surface area is 97.7 Å². The lowest BCUT2D eigenvalue weighted by Gasteiger charge is -2.00. The Morgan fingerprint density at radius 2 is 2.20 bits per heavy atom. The first-order chi connectivity index (χ1) is 7.02. The molecule has 1 rings (SSSR count). The minimum Gasteiger partial charge on any atom is -0.350 e.